The molecule has 0 bridgehead atoms. The van der Waals surface area contributed by atoms with Crippen molar-refractivity contribution in [1.82, 2.24) is 4.57 Å². The van der Waals surface area contributed by atoms with E-state index in [4.69, 9.17) is 5.26 Å². The molecular formula is C18H19N3O2. The van der Waals surface area contributed by atoms with E-state index < -0.39 is 6.04 Å². The van der Waals surface area contributed by atoms with Crippen molar-refractivity contribution in [1.29, 1.82) is 5.26 Å². The fourth-order valence-electron chi connectivity index (χ4n) is 2.38. The zero-order valence-corrected chi connectivity index (χ0v) is 13.2. The van der Waals surface area contributed by atoms with Crippen LogP contribution in [0.15, 0.2) is 47.4 Å². The average molecular weight is 309 g/mol. The van der Waals surface area contributed by atoms with Gasteiger partial charge in [0.2, 0.25) is 5.91 Å². The molecule has 0 spiro atoms. The number of carbonyl (C=O) groups is 1. The number of nitrogens with zero attached hydrogens (tertiary/aromatic N) is 2. The zero-order chi connectivity index (χ0) is 16.8. The highest BCUT2D eigenvalue weighted by atomic mass is 16.2. The summed E-state index contributed by atoms with van der Waals surface area (Å²) in [6, 6.07) is 11.3. The van der Waals surface area contributed by atoms with E-state index in [1.54, 1.807) is 36.5 Å². The number of rotatable bonds is 5. The van der Waals surface area contributed by atoms with Gasteiger partial charge < -0.3 is 9.88 Å². The summed E-state index contributed by atoms with van der Waals surface area (Å²) in [6.07, 6.45) is 3.07. The third kappa shape index (κ3) is 4.07. The van der Waals surface area contributed by atoms with E-state index in [1.807, 2.05) is 19.9 Å². The molecule has 0 aliphatic rings. The van der Waals surface area contributed by atoms with Crippen LogP contribution in [0.5, 0.6) is 0 Å². The molecule has 0 saturated carbocycles. The van der Waals surface area contributed by atoms with Crippen LogP contribution in [0.25, 0.3) is 0 Å². The minimum atomic E-state index is -0.553. The first kappa shape index (κ1) is 16.5. The zero-order valence-electron chi connectivity index (χ0n) is 13.2. The van der Waals surface area contributed by atoms with E-state index in [0.717, 1.165) is 12.0 Å². The average Bonchev–Trinajstić information content (AvgIpc) is 2.55. The van der Waals surface area contributed by atoms with Gasteiger partial charge in [-0.3, -0.25) is 9.59 Å². The summed E-state index contributed by atoms with van der Waals surface area (Å²) in [6.45, 7) is 3.86. The molecule has 1 aromatic carbocycles. The Bertz CT molecular complexity index is 785. The molecule has 1 amide bonds. The number of anilines is 1. The first-order valence-electron chi connectivity index (χ1n) is 7.55. The van der Waals surface area contributed by atoms with Crippen molar-refractivity contribution in [3.63, 3.8) is 0 Å². The minimum absolute atomic E-state index is 0.191. The molecule has 23 heavy (non-hydrogen) atoms. The largest absolute Gasteiger partial charge is 0.324 e. The van der Waals surface area contributed by atoms with Crippen molar-refractivity contribution < 1.29 is 4.79 Å². The lowest BCUT2D eigenvalue weighted by molar-refractivity contribution is -0.119. The van der Waals surface area contributed by atoms with Gasteiger partial charge in [-0.15, -0.1) is 0 Å². The second kappa shape index (κ2) is 7.41. The molecule has 1 aromatic heterocycles. The summed E-state index contributed by atoms with van der Waals surface area (Å²) < 4.78 is 1.48. The van der Waals surface area contributed by atoms with Gasteiger partial charge in [-0.1, -0.05) is 19.4 Å². The second-order valence-electron chi connectivity index (χ2n) is 5.43. The normalized spacial score (nSPS) is 11.5. The van der Waals surface area contributed by atoms with Crippen molar-refractivity contribution >= 4 is 11.6 Å². The maximum absolute atomic E-state index is 12.6. The predicted molar refractivity (Wildman–Crippen MR) is 89.2 cm³/mol. The summed E-state index contributed by atoms with van der Waals surface area (Å²) >= 11 is 0. The van der Waals surface area contributed by atoms with Crippen LogP contribution in [0.3, 0.4) is 0 Å². The van der Waals surface area contributed by atoms with Gasteiger partial charge in [-0.2, -0.15) is 5.26 Å². The summed E-state index contributed by atoms with van der Waals surface area (Å²) in [5, 5.41) is 11.6. The Morgan fingerprint density at radius 1 is 1.26 bits per heavy atom. The predicted octanol–water partition coefficient (Wildman–Crippen LogP) is 3.01. The van der Waals surface area contributed by atoms with E-state index in [-0.39, 0.29) is 11.5 Å². The van der Waals surface area contributed by atoms with Crippen molar-refractivity contribution in [3.8, 4) is 6.07 Å². The summed E-state index contributed by atoms with van der Waals surface area (Å²) in [5.41, 5.74) is 1.87. The van der Waals surface area contributed by atoms with E-state index in [1.165, 1.54) is 10.6 Å². The fraction of sp³-hybridized carbons (Fsp3) is 0.278. The molecule has 2 rings (SSSR count). The lowest BCUT2D eigenvalue weighted by atomic mass is 10.1. The Morgan fingerprint density at radius 2 is 1.96 bits per heavy atom. The molecule has 1 atom stereocenters. The third-order valence-corrected chi connectivity index (χ3v) is 3.57. The van der Waals surface area contributed by atoms with Crippen molar-refractivity contribution in [2.45, 2.75) is 32.7 Å². The number of benzene rings is 1. The van der Waals surface area contributed by atoms with Gasteiger partial charge >= 0.3 is 0 Å². The van der Waals surface area contributed by atoms with Crippen LogP contribution < -0.4 is 10.9 Å². The SMILES string of the molecule is CCCC(C(=O)Nc1ccc(C#N)cc1)n1cc(C)ccc1=O. The molecular weight excluding hydrogens is 290 g/mol. The van der Waals surface area contributed by atoms with Gasteiger partial charge in [0.15, 0.2) is 0 Å². The smallest absolute Gasteiger partial charge is 0.251 e. The van der Waals surface area contributed by atoms with Gasteiger partial charge in [0.1, 0.15) is 6.04 Å². The number of aromatic nitrogens is 1. The highest BCUT2D eigenvalue weighted by Crippen LogP contribution is 2.17. The molecule has 5 nitrogen and oxygen atoms in total. The molecule has 0 aliphatic carbocycles. The van der Waals surface area contributed by atoms with Crippen molar-refractivity contribution in [2.24, 2.45) is 0 Å². The molecule has 1 N–H and O–H groups in total. The maximum Gasteiger partial charge on any atom is 0.251 e. The lowest BCUT2D eigenvalue weighted by Crippen LogP contribution is -2.32. The first-order valence-corrected chi connectivity index (χ1v) is 7.55. The van der Waals surface area contributed by atoms with Crippen LogP contribution >= 0.6 is 0 Å². The third-order valence-electron chi connectivity index (χ3n) is 3.57. The molecule has 2 aromatic rings. The number of hydrogen-bond acceptors (Lipinski definition) is 3. The van der Waals surface area contributed by atoms with E-state index in [9.17, 15) is 9.59 Å². The van der Waals surface area contributed by atoms with Crippen LogP contribution in [-0.2, 0) is 4.79 Å². The Morgan fingerprint density at radius 3 is 2.57 bits per heavy atom. The molecule has 118 valence electrons. The fourth-order valence-corrected chi connectivity index (χ4v) is 2.38. The number of nitrogens with one attached hydrogen (secondary N) is 1. The van der Waals surface area contributed by atoms with E-state index in [0.29, 0.717) is 17.7 Å². The van der Waals surface area contributed by atoms with Gasteiger partial charge in [-0.25, -0.2) is 0 Å². The van der Waals surface area contributed by atoms with Gasteiger partial charge in [0.25, 0.3) is 5.56 Å². The molecule has 1 unspecified atom stereocenters. The van der Waals surface area contributed by atoms with Crippen molar-refractivity contribution in [3.05, 3.63) is 64.1 Å². The summed E-state index contributed by atoms with van der Waals surface area (Å²) in [7, 11) is 0. The van der Waals surface area contributed by atoms with Gasteiger partial charge in [-0.05, 0) is 43.2 Å². The van der Waals surface area contributed by atoms with Gasteiger partial charge in [0, 0.05) is 18.0 Å². The minimum Gasteiger partial charge on any atom is -0.324 e. The molecule has 0 radical (unpaired) electrons. The first-order chi connectivity index (χ1) is 11.0. The molecule has 0 fully saturated rings. The Balaban J connectivity index is 2.26. The Kier molecular flexibility index (Phi) is 5.32. The maximum atomic E-state index is 12.6. The molecule has 0 saturated heterocycles. The highest BCUT2D eigenvalue weighted by Gasteiger charge is 2.20. The Hall–Kier alpha value is -2.87. The monoisotopic (exact) mass is 309 g/mol. The van der Waals surface area contributed by atoms with E-state index in [2.05, 4.69) is 5.32 Å². The number of amides is 1. The molecule has 5 heteroatoms. The highest BCUT2D eigenvalue weighted by molar-refractivity contribution is 5.93. The quantitative estimate of drug-likeness (QED) is 0.922. The topological polar surface area (TPSA) is 74.9 Å². The van der Waals surface area contributed by atoms with Crippen molar-refractivity contribution in [2.75, 3.05) is 5.32 Å². The summed E-state index contributed by atoms with van der Waals surface area (Å²) in [4.78, 5) is 24.7. The van der Waals surface area contributed by atoms with Crippen LogP contribution in [0.2, 0.25) is 0 Å². The number of aryl methyl sites for hydroxylation is 1. The second-order valence-corrected chi connectivity index (χ2v) is 5.43. The van der Waals surface area contributed by atoms with Crippen LogP contribution in [0.4, 0.5) is 5.69 Å². The van der Waals surface area contributed by atoms with Gasteiger partial charge in [0.05, 0.1) is 11.6 Å². The number of carbonyl (C=O) groups excluding carboxylic acids is 1. The lowest BCUT2D eigenvalue weighted by Gasteiger charge is -2.19. The van der Waals surface area contributed by atoms with Crippen LogP contribution in [0, 0.1) is 18.3 Å². The van der Waals surface area contributed by atoms with E-state index >= 15 is 0 Å². The van der Waals surface area contributed by atoms with Crippen LogP contribution in [0.1, 0.15) is 36.9 Å². The number of hydrogen-bond donors (Lipinski definition) is 1. The summed E-state index contributed by atoms with van der Waals surface area (Å²) in [5.74, 6) is -0.232. The molecule has 1 heterocycles. The number of nitriles is 1. The van der Waals surface area contributed by atoms with Crippen LogP contribution in [-0.4, -0.2) is 10.5 Å². The number of pyridine rings is 1. The molecule has 0 aliphatic heterocycles. The Labute approximate surface area is 135 Å². The standard InChI is InChI=1S/C18H19N3O2/c1-3-4-16(21-12-13(2)5-10-17(21)22)18(23)20-15-8-6-14(11-19)7-9-15/h5-10,12,16H,3-4H2,1-2H3,(H,20,23).